The second kappa shape index (κ2) is 8.56. The van der Waals surface area contributed by atoms with E-state index in [1.54, 1.807) is 0 Å². The van der Waals surface area contributed by atoms with E-state index in [0.29, 0.717) is 0 Å². The lowest BCUT2D eigenvalue weighted by atomic mass is 9.98. The number of halogens is 3. The first-order valence-electron chi connectivity index (χ1n) is 9.27. The molecule has 3 nitrogen and oxygen atoms in total. The molecule has 4 rings (SSSR count). The summed E-state index contributed by atoms with van der Waals surface area (Å²) in [4.78, 5) is 12.0. The average Bonchev–Trinajstić information content (AvgIpc) is 3.07. The van der Waals surface area contributed by atoms with Gasteiger partial charge >= 0.3 is 6.09 Å². The fraction of sp³-hybridized carbons (Fsp3) is 0.125. The third-order valence-electron chi connectivity index (χ3n) is 4.88. The van der Waals surface area contributed by atoms with Gasteiger partial charge in [0.15, 0.2) is 0 Å². The number of benzene rings is 3. The largest absolute Gasteiger partial charge is 0.449 e. The van der Waals surface area contributed by atoms with E-state index < -0.39 is 22.8 Å². The number of rotatable bonds is 3. The van der Waals surface area contributed by atoms with Crippen molar-refractivity contribution in [1.29, 1.82) is 0 Å². The molecule has 1 N–H and O–H groups in total. The summed E-state index contributed by atoms with van der Waals surface area (Å²) < 4.78 is 32.2. The Labute approximate surface area is 177 Å². The molecule has 0 spiro atoms. The predicted molar refractivity (Wildman–Crippen MR) is 111 cm³/mol. The van der Waals surface area contributed by atoms with Gasteiger partial charge in [-0.1, -0.05) is 72.0 Å². The Morgan fingerprint density at radius 1 is 1.00 bits per heavy atom. The van der Waals surface area contributed by atoms with Crippen LogP contribution in [0.1, 0.15) is 22.6 Å². The molecule has 0 heterocycles. The number of ether oxygens (including phenoxy) is 1. The molecular formula is C24H16ClF2NO2. The molecule has 0 saturated heterocycles. The molecule has 3 aromatic rings. The van der Waals surface area contributed by atoms with Crippen LogP contribution in [-0.2, 0) is 4.74 Å². The minimum Gasteiger partial charge on any atom is -0.449 e. The Morgan fingerprint density at radius 3 is 2.17 bits per heavy atom. The molecule has 0 unspecified atom stereocenters. The van der Waals surface area contributed by atoms with E-state index in [0.717, 1.165) is 34.4 Å². The van der Waals surface area contributed by atoms with Gasteiger partial charge in [0.2, 0.25) is 0 Å². The highest BCUT2D eigenvalue weighted by Gasteiger charge is 2.28. The van der Waals surface area contributed by atoms with Crippen LogP contribution in [-0.4, -0.2) is 19.2 Å². The van der Waals surface area contributed by atoms with Crippen LogP contribution in [0, 0.1) is 23.5 Å². The van der Waals surface area contributed by atoms with Gasteiger partial charge in [0.25, 0.3) is 0 Å². The normalized spacial score (nSPS) is 11.8. The molecule has 0 saturated carbocycles. The van der Waals surface area contributed by atoms with Crippen LogP contribution >= 0.6 is 11.6 Å². The third-order valence-corrected chi connectivity index (χ3v) is 5.24. The lowest BCUT2D eigenvalue weighted by Gasteiger charge is -2.14. The predicted octanol–water partition coefficient (Wildman–Crippen LogP) is 5.51. The maximum atomic E-state index is 13.4. The Balaban J connectivity index is 1.35. The van der Waals surface area contributed by atoms with Crippen molar-refractivity contribution < 1.29 is 18.3 Å². The highest BCUT2D eigenvalue weighted by molar-refractivity contribution is 6.30. The second-order valence-electron chi connectivity index (χ2n) is 6.73. The van der Waals surface area contributed by atoms with Crippen molar-refractivity contribution >= 4 is 17.7 Å². The fourth-order valence-corrected chi connectivity index (χ4v) is 3.65. The highest BCUT2D eigenvalue weighted by atomic mass is 35.5. The van der Waals surface area contributed by atoms with E-state index in [1.807, 2.05) is 36.4 Å². The van der Waals surface area contributed by atoms with E-state index in [1.165, 1.54) is 0 Å². The molecular weight excluding hydrogens is 408 g/mol. The summed E-state index contributed by atoms with van der Waals surface area (Å²) in [5, 5.41) is 1.95. The molecule has 0 aliphatic heterocycles. The molecule has 0 aromatic heterocycles. The van der Waals surface area contributed by atoms with Crippen molar-refractivity contribution in [2.45, 2.75) is 5.92 Å². The van der Waals surface area contributed by atoms with Crippen molar-refractivity contribution in [2.24, 2.45) is 0 Å². The van der Waals surface area contributed by atoms with Gasteiger partial charge in [-0.15, -0.1) is 0 Å². The Kier molecular flexibility index (Phi) is 5.69. The Hall–Kier alpha value is -3.36. The van der Waals surface area contributed by atoms with E-state index in [-0.39, 0.29) is 24.6 Å². The summed E-state index contributed by atoms with van der Waals surface area (Å²) in [5.41, 5.74) is 4.67. The zero-order valence-corrected chi connectivity index (χ0v) is 16.5. The molecule has 30 heavy (non-hydrogen) atoms. The summed E-state index contributed by atoms with van der Waals surface area (Å²) in [6, 6.07) is 18.2. The van der Waals surface area contributed by atoms with Crippen LogP contribution in [0.25, 0.3) is 11.1 Å². The van der Waals surface area contributed by atoms with E-state index in [9.17, 15) is 13.6 Å². The van der Waals surface area contributed by atoms with Crippen molar-refractivity contribution in [3.05, 3.63) is 94.0 Å². The third kappa shape index (κ3) is 4.00. The van der Waals surface area contributed by atoms with Crippen LogP contribution in [0.2, 0.25) is 5.02 Å². The van der Waals surface area contributed by atoms with Gasteiger partial charge in [0.1, 0.15) is 23.3 Å². The topological polar surface area (TPSA) is 38.3 Å². The van der Waals surface area contributed by atoms with Crippen LogP contribution in [0.5, 0.6) is 0 Å². The maximum Gasteiger partial charge on any atom is 0.407 e. The van der Waals surface area contributed by atoms with Crippen LogP contribution in [0.4, 0.5) is 13.6 Å². The lowest BCUT2D eigenvalue weighted by molar-refractivity contribution is 0.144. The number of carbonyl (C=O) groups is 1. The average molecular weight is 424 g/mol. The summed E-state index contributed by atoms with van der Waals surface area (Å²) in [6.45, 7) is 0.170. The number of hydrogen-bond donors (Lipinski definition) is 1. The molecule has 1 aliphatic carbocycles. The van der Waals surface area contributed by atoms with Gasteiger partial charge in [0.05, 0.1) is 6.54 Å². The van der Waals surface area contributed by atoms with Gasteiger partial charge in [-0.2, -0.15) is 0 Å². The summed E-state index contributed by atoms with van der Waals surface area (Å²) in [5.74, 6) is 3.40. The van der Waals surface area contributed by atoms with E-state index in [4.69, 9.17) is 16.3 Å². The van der Waals surface area contributed by atoms with Gasteiger partial charge in [-0.3, -0.25) is 0 Å². The molecule has 0 bridgehead atoms. The summed E-state index contributed by atoms with van der Waals surface area (Å²) >= 11 is 5.43. The monoisotopic (exact) mass is 423 g/mol. The number of hydrogen-bond acceptors (Lipinski definition) is 2. The van der Waals surface area contributed by atoms with Crippen LogP contribution < -0.4 is 5.32 Å². The van der Waals surface area contributed by atoms with Crippen molar-refractivity contribution in [3.63, 3.8) is 0 Å². The molecule has 150 valence electrons. The number of carbonyl (C=O) groups excluding carboxylic acids is 1. The van der Waals surface area contributed by atoms with E-state index in [2.05, 4.69) is 29.3 Å². The summed E-state index contributed by atoms with van der Waals surface area (Å²) in [7, 11) is 0. The fourth-order valence-electron chi connectivity index (χ4n) is 3.54. The van der Waals surface area contributed by atoms with E-state index >= 15 is 0 Å². The zero-order chi connectivity index (χ0) is 21.1. The molecule has 1 aliphatic rings. The number of amides is 1. The molecule has 6 heteroatoms. The minimum atomic E-state index is -0.884. The maximum absolute atomic E-state index is 13.4. The summed E-state index contributed by atoms with van der Waals surface area (Å²) in [6.07, 6.45) is -0.611. The Bertz CT molecular complexity index is 1110. The minimum absolute atomic E-state index is 0.0253. The standard InChI is InChI=1S/C24H16ClF2NO2/c25-23-21(26)12-15(13-22(23)27)6-5-11-28-24(29)30-14-20-18-9-3-1-7-16(18)17-8-2-4-10-19(17)20/h1-4,7-10,12-13,20H,11,14H2,(H,28,29). The quantitative estimate of drug-likeness (QED) is 0.445. The second-order valence-corrected chi connectivity index (χ2v) is 7.11. The molecule has 0 atom stereocenters. The van der Waals surface area contributed by atoms with Crippen LogP contribution in [0.3, 0.4) is 0 Å². The van der Waals surface area contributed by atoms with Gasteiger partial charge in [0, 0.05) is 11.5 Å². The first-order chi connectivity index (χ1) is 14.5. The van der Waals surface area contributed by atoms with Gasteiger partial charge in [-0.25, -0.2) is 13.6 Å². The SMILES string of the molecule is O=C(NCC#Cc1cc(F)c(Cl)c(F)c1)OCC1c2ccccc2-c2ccccc21. The molecule has 0 radical (unpaired) electrons. The van der Waals surface area contributed by atoms with Crippen molar-refractivity contribution in [3.8, 4) is 23.0 Å². The van der Waals surface area contributed by atoms with Gasteiger partial charge in [-0.05, 0) is 34.4 Å². The lowest BCUT2D eigenvalue weighted by Crippen LogP contribution is -2.26. The first-order valence-corrected chi connectivity index (χ1v) is 9.64. The number of fused-ring (bicyclic) bond motifs is 3. The van der Waals surface area contributed by atoms with Gasteiger partial charge < -0.3 is 10.1 Å². The zero-order valence-electron chi connectivity index (χ0n) is 15.7. The smallest absolute Gasteiger partial charge is 0.407 e. The van der Waals surface area contributed by atoms with Crippen LogP contribution in [0.15, 0.2) is 60.7 Å². The first kappa shape index (κ1) is 19.9. The molecule has 1 amide bonds. The van der Waals surface area contributed by atoms with Crippen molar-refractivity contribution in [2.75, 3.05) is 13.2 Å². The molecule has 0 fully saturated rings. The Morgan fingerprint density at radius 2 is 1.57 bits per heavy atom. The van der Waals surface area contributed by atoms with Crippen molar-refractivity contribution in [1.82, 2.24) is 5.32 Å². The number of alkyl carbamates (subject to hydrolysis) is 1. The highest BCUT2D eigenvalue weighted by Crippen LogP contribution is 2.44. The number of nitrogens with one attached hydrogen (secondary N) is 1. The molecule has 3 aromatic carbocycles.